The van der Waals surface area contributed by atoms with Crippen LogP contribution in [-0.2, 0) is 17.9 Å². The van der Waals surface area contributed by atoms with Crippen molar-refractivity contribution in [3.05, 3.63) is 29.6 Å². The van der Waals surface area contributed by atoms with Crippen molar-refractivity contribution in [3.63, 3.8) is 0 Å². The average molecular weight is 331 g/mol. The molecule has 0 aliphatic carbocycles. The van der Waals surface area contributed by atoms with Crippen LogP contribution in [0.15, 0.2) is 18.2 Å². The van der Waals surface area contributed by atoms with Gasteiger partial charge in [-0.1, -0.05) is 6.07 Å². The largest absolute Gasteiger partial charge is 0.391 e. The molecule has 0 radical (unpaired) electrons. The van der Waals surface area contributed by atoms with Gasteiger partial charge in [0.1, 0.15) is 12.4 Å². The van der Waals surface area contributed by atoms with Gasteiger partial charge in [0.2, 0.25) is 0 Å². The van der Waals surface area contributed by atoms with E-state index in [2.05, 4.69) is 10.3 Å². The second-order valence-corrected chi connectivity index (χ2v) is 6.12. The van der Waals surface area contributed by atoms with E-state index in [4.69, 9.17) is 0 Å². The molecule has 24 heavy (non-hydrogen) atoms. The summed E-state index contributed by atoms with van der Waals surface area (Å²) >= 11 is 0. The molecule has 0 saturated carbocycles. The standard InChI is InChI=1S/C17H21N3O4/c21-9-11-3-1-4-13-17(11)20(16(10-22)19-13)8-12(23)7-14-15(24)5-2-6-18-14/h1,3-4,9,14-15,18,22,24H,2,5-8,10H2/t14-,15+/m1/s1. The summed E-state index contributed by atoms with van der Waals surface area (Å²) in [6, 6.07) is 4.87. The Hall–Kier alpha value is -2.09. The van der Waals surface area contributed by atoms with E-state index in [0.29, 0.717) is 28.8 Å². The topological polar surface area (TPSA) is 104 Å². The number of fused-ring (bicyclic) bond motifs is 1. The molecule has 1 saturated heterocycles. The third kappa shape index (κ3) is 3.24. The van der Waals surface area contributed by atoms with Gasteiger partial charge >= 0.3 is 0 Å². The summed E-state index contributed by atoms with van der Waals surface area (Å²) in [5.41, 5.74) is 1.57. The molecule has 128 valence electrons. The predicted molar refractivity (Wildman–Crippen MR) is 87.7 cm³/mol. The lowest BCUT2D eigenvalue weighted by atomic mass is 9.97. The number of aliphatic hydroxyl groups excluding tert-OH is 2. The summed E-state index contributed by atoms with van der Waals surface area (Å²) < 4.78 is 1.59. The van der Waals surface area contributed by atoms with Crippen LogP contribution in [0.25, 0.3) is 11.0 Å². The fraction of sp³-hybridized carbons (Fsp3) is 0.471. The molecule has 1 aromatic carbocycles. The molecule has 3 rings (SSSR count). The number of aldehydes is 1. The van der Waals surface area contributed by atoms with Crippen LogP contribution in [0.1, 0.15) is 35.4 Å². The number of ketones is 1. The van der Waals surface area contributed by atoms with Crippen LogP contribution in [0.3, 0.4) is 0 Å². The Balaban J connectivity index is 1.85. The highest BCUT2D eigenvalue weighted by Crippen LogP contribution is 2.21. The van der Waals surface area contributed by atoms with E-state index in [-0.39, 0.29) is 31.4 Å². The van der Waals surface area contributed by atoms with E-state index < -0.39 is 6.10 Å². The van der Waals surface area contributed by atoms with E-state index in [1.807, 2.05) is 0 Å². The molecule has 3 N–H and O–H groups in total. The van der Waals surface area contributed by atoms with Gasteiger partial charge in [0.05, 0.1) is 23.7 Å². The Kier molecular flexibility index (Phi) is 5.03. The zero-order chi connectivity index (χ0) is 17.1. The van der Waals surface area contributed by atoms with Crippen molar-refractivity contribution >= 4 is 23.1 Å². The minimum Gasteiger partial charge on any atom is -0.391 e. The van der Waals surface area contributed by atoms with Crippen LogP contribution in [-0.4, -0.2) is 50.5 Å². The molecule has 7 nitrogen and oxygen atoms in total. The fourth-order valence-electron chi connectivity index (χ4n) is 3.28. The quantitative estimate of drug-likeness (QED) is 0.663. The third-order valence-corrected chi connectivity index (χ3v) is 4.48. The van der Waals surface area contributed by atoms with Gasteiger partial charge in [-0.3, -0.25) is 9.59 Å². The molecule has 0 bridgehead atoms. The monoisotopic (exact) mass is 331 g/mol. The van der Waals surface area contributed by atoms with Crippen molar-refractivity contribution in [2.24, 2.45) is 0 Å². The number of carbonyl (C=O) groups excluding carboxylic acids is 2. The average Bonchev–Trinajstić information content (AvgIpc) is 2.94. The van der Waals surface area contributed by atoms with Crippen LogP contribution >= 0.6 is 0 Å². The van der Waals surface area contributed by atoms with Crippen LogP contribution < -0.4 is 5.32 Å². The van der Waals surface area contributed by atoms with Gasteiger partial charge in [0.25, 0.3) is 0 Å². The molecule has 2 aromatic rings. The molecule has 0 amide bonds. The molecule has 1 fully saturated rings. The Morgan fingerprint density at radius 3 is 3.00 bits per heavy atom. The van der Waals surface area contributed by atoms with Crippen LogP contribution in [0.4, 0.5) is 0 Å². The lowest BCUT2D eigenvalue weighted by Crippen LogP contribution is -2.46. The van der Waals surface area contributed by atoms with Crippen molar-refractivity contribution in [2.75, 3.05) is 6.54 Å². The van der Waals surface area contributed by atoms with Crippen molar-refractivity contribution in [1.82, 2.24) is 14.9 Å². The lowest BCUT2D eigenvalue weighted by Gasteiger charge is -2.28. The summed E-state index contributed by atoms with van der Waals surface area (Å²) in [5, 5.41) is 22.7. The van der Waals surface area contributed by atoms with E-state index in [9.17, 15) is 19.8 Å². The van der Waals surface area contributed by atoms with Gasteiger partial charge in [-0.05, 0) is 31.5 Å². The number of aliphatic hydroxyl groups is 2. The molecule has 2 heterocycles. The van der Waals surface area contributed by atoms with Gasteiger partial charge in [-0.2, -0.15) is 0 Å². The highest BCUT2D eigenvalue weighted by Gasteiger charge is 2.25. The first-order chi connectivity index (χ1) is 11.6. The van der Waals surface area contributed by atoms with Gasteiger partial charge in [0, 0.05) is 18.0 Å². The molecule has 0 spiro atoms. The van der Waals surface area contributed by atoms with Crippen LogP contribution in [0.2, 0.25) is 0 Å². The molecule has 1 aromatic heterocycles. The SMILES string of the molecule is O=Cc1cccc2nc(CO)n(CC(=O)C[C@H]3NCCC[C@@H]3O)c12. The zero-order valence-electron chi connectivity index (χ0n) is 13.3. The number of nitrogens with one attached hydrogen (secondary N) is 1. The molecule has 0 unspecified atom stereocenters. The summed E-state index contributed by atoms with van der Waals surface area (Å²) in [4.78, 5) is 28.0. The van der Waals surface area contributed by atoms with Crippen molar-refractivity contribution in [2.45, 2.75) is 44.6 Å². The maximum absolute atomic E-state index is 12.5. The molecular weight excluding hydrogens is 310 g/mol. The van der Waals surface area contributed by atoms with E-state index in [1.54, 1.807) is 22.8 Å². The maximum atomic E-state index is 12.5. The van der Waals surface area contributed by atoms with Crippen molar-refractivity contribution < 1.29 is 19.8 Å². The number of Topliss-reactive ketones (excluding diaryl/α,β-unsaturated/α-hetero) is 1. The number of piperidine rings is 1. The highest BCUT2D eigenvalue weighted by atomic mass is 16.3. The number of nitrogens with zero attached hydrogens (tertiary/aromatic N) is 2. The molecule has 7 heteroatoms. The molecule has 2 atom stereocenters. The number of aromatic nitrogens is 2. The fourth-order valence-corrected chi connectivity index (χ4v) is 3.28. The summed E-state index contributed by atoms with van der Waals surface area (Å²) in [7, 11) is 0. The Bertz CT molecular complexity index is 756. The molecule has 1 aliphatic rings. The minimum atomic E-state index is -0.523. The maximum Gasteiger partial charge on any atom is 0.154 e. The summed E-state index contributed by atoms with van der Waals surface area (Å²) in [5.74, 6) is 0.271. The normalized spacial score (nSPS) is 21.1. The zero-order valence-corrected chi connectivity index (χ0v) is 13.3. The first kappa shape index (κ1) is 16.8. The first-order valence-corrected chi connectivity index (χ1v) is 8.11. The van der Waals surface area contributed by atoms with E-state index >= 15 is 0 Å². The number of imidazole rings is 1. The van der Waals surface area contributed by atoms with Gasteiger partial charge in [0.15, 0.2) is 12.1 Å². The second kappa shape index (κ2) is 7.21. The lowest BCUT2D eigenvalue weighted by molar-refractivity contribution is -0.121. The molecule has 1 aliphatic heterocycles. The number of para-hydroxylation sites is 1. The summed E-state index contributed by atoms with van der Waals surface area (Å²) in [6.07, 6.45) is 1.99. The smallest absolute Gasteiger partial charge is 0.154 e. The second-order valence-electron chi connectivity index (χ2n) is 6.12. The van der Waals surface area contributed by atoms with Crippen molar-refractivity contribution in [1.29, 1.82) is 0 Å². The van der Waals surface area contributed by atoms with E-state index in [1.165, 1.54) is 0 Å². The Labute approximate surface area is 139 Å². The number of hydrogen-bond acceptors (Lipinski definition) is 6. The van der Waals surface area contributed by atoms with Gasteiger partial charge < -0.3 is 20.1 Å². The van der Waals surface area contributed by atoms with E-state index in [0.717, 1.165) is 19.3 Å². The number of rotatable bonds is 6. The number of carbonyl (C=O) groups is 2. The summed E-state index contributed by atoms with van der Waals surface area (Å²) in [6.45, 7) is 0.493. The van der Waals surface area contributed by atoms with Crippen molar-refractivity contribution in [3.8, 4) is 0 Å². The van der Waals surface area contributed by atoms with Crippen LogP contribution in [0.5, 0.6) is 0 Å². The first-order valence-electron chi connectivity index (χ1n) is 8.11. The Morgan fingerprint density at radius 1 is 1.46 bits per heavy atom. The Morgan fingerprint density at radius 2 is 2.29 bits per heavy atom. The van der Waals surface area contributed by atoms with Crippen LogP contribution in [0, 0.1) is 0 Å². The number of benzene rings is 1. The van der Waals surface area contributed by atoms with Gasteiger partial charge in [-0.25, -0.2) is 4.98 Å². The minimum absolute atomic E-state index is 0.0160. The highest BCUT2D eigenvalue weighted by molar-refractivity contribution is 5.95. The predicted octanol–water partition coefficient (Wildman–Crippen LogP) is 0.413. The van der Waals surface area contributed by atoms with Gasteiger partial charge in [-0.15, -0.1) is 0 Å². The molecular formula is C17H21N3O4. The number of hydrogen-bond donors (Lipinski definition) is 3. The third-order valence-electron chi connectivity index (χ3n) is 4.48.